The maximum atomic E-state index is 12.1. The number of hydrogen-bond donors (Lipinski definition) is 1. The average Bonchev–Trinajstić information content (AvgIpc) is 3.02. The third kappa shape index (κ3) is 5.70. The van der Waals surface area contributed by atoms with E-state index in [1.807, 2.05) is 17.6 Å². The monoisotopic (exact) mass is 386 g/mol. The van der Waals surface area contributed by atoms with Gasteiger partial charge in [0.2, 0.25) is 5.91 Å². The average molecular weight is 387 g/mol. The number of nitrogens with one attached hydrogen (secondary N) is 1. The standard InChI is InChI=1S/C21H30N4OS/c1-7-13-25-19(16-9-11-17(12-10-16)21(4,5)6)23-24-20(25)27-14-18(26)22-15(3)8-2/h7,9-12,15H,1,8,13-14H2,2-6H3,(H,22,26). The molecule has 1 heterocycles. The van der Waals surface area contributed by atoms with E-state index in [9.17, 15) is 4.79 Å². The summed E-state index contributed by atoms with van der Waals surface area (Å²) in [5.41, 5.74) is 2.39. The second kappa shape index (κ2) is 9.22. The minimum absolute atomic E-state index is 0.0126. The molecular weight excluding hydrogens is 356 g/mol. The molecule has 2 rings (SSSR count). The molecule has 6 heteroatoms. The third-order valence-electron chi connectivity index (χ3n) is 4.39. The molecule has 0 bridgehead atoms. The molecule has 0 spiro atoms. The lowest BCUT2D eigenvalue weighted by Gasteiger charge is -2.19. The summed E-state index contributed by atoms with van der Waals surface area (Å²) in [5, 5.41) is 12.4. The molecule has 0 saturated heterocycles. The van der Waals surface area contributed by atoms with E-state index < -0.39 is 0 Å². The quantitative estimate of drug-likeness (QED) is 0.538. The van der Waals surface area contributed by atoms with Crippen LogP contribution < -0.4 is 5.32 Å². The van der Waals surface area contributed by atoms with Crippen LogP contribution in [0.15, 0.2) is 42.1 Å². The lowest BCUT2D eigenvalue weighted by Crippen LogP contribution is -2.33. The second-order valence-corrected chi connectivity index (χ2v) is 8.64. The van der Waals surface area contributed by atoms with Crippen molar-refractivity contribution in [2.75, 3.05) is 5.75 Å². The van der Waals surface area contributed by atoms with E-state index in [-0.39, 0.29) is 17.4 Å². The molecule has 1 unspecified atom stereocenters. The van der Waals surface area contributed by atoms with Crippen LogP contribution in [-0.2, 0) is 16.8 Å². The van der Waals surface area contributed by atoms with Crippen molar-refractivity contribution in [2.24, 2.45) is 0 Å². The number of hydrogen-bond acceptors (Lipinski definition) is 4. The van der Waals surface area contributed by atoms with Gasteiger partial charge in [-0.3, -0.25) is 9.36 Å². The van der Waals surface area contributed by atoms with E-state index in [0.29, 0.717) is 12.3 Å². The number of thioether (sulfide) groups is 1. The van der Waals surface area contributed by atoms with Gasteiger partial charge < -0.3 is 5.32 Å². The maximum Gasteiger partial charge on any atom is 0.230 e. The van der Waals surface area contributed by atoms with Crippen molar-refractivity contribution in [3.8, 4) is 11.4 Å². The smallest absolute Gasteiger partial charge is 0.230 e. The molecule has 1 N–H and O–H groups in total. The Balaban J connectivity index is 2.19. The van der Waals surface area contributed by atoms with Crippen molar-refractivity contribution in [1.29, 1.82) is 0 Å². The van der Waals surface area contributed by atoms with Gasteiger partial charge in [0.05, 0.1) is 5.75 Å². The Labute approximate surface area is 166 Å². The Morgan fingerprint density at radius 1 is 1.30 bits per heavy atom. The fourth-order valence-electron chi connectivity index (χ4n) is 2.57. The van der Waals surface area contributed by atoms with Gasteiger partial charge in [-0.15, -0.1) is 16.8 Å². The first-order valence-corrected chi connectivity index (χ1v) is 10.3. The summed E-state index contributed by atoms with van der Waals surface area (Å²) >= 11 is 1.40. The van der Waals surface area contributed by atoms with Crippen molar-refractivity contribution < 1.29 is 4.79 Å². The molecule has 1 amide bonds. The first-order valence-electron chi connectivity index (χ1n) is 9.33. The summed E-state index contributed by atoms with van der Waals surface area (Å²) in [5.74, 6) is 1.13. The molecule has 27 heavy (non-hydrogen) atoms. The molecule has 0 radical (unpaired) electrons. The highest BCUT2D eigenvalue weighted by Gasteiger charge is 2.17. The molecule has 0 fully saturated rings. The van der Waals surface area contributed by atoms with Gasteiger partial charge >= 0.3 is 0 Å². The van der Waals surface area contributed by atoms with E-state index >= 15 is 0 Å². The van der Waals surface area contributed by atoms with Crippen LogP contribution in [0.1, 0.15) is 46.6 Å². The summed E-state index contributed by atoms with van der Waals surface area (Å²) in [4.78, 5) is 12.1. The number of rotatable bonds is 8. The van der Waals surface area contributed by atoms with Crippen LogP contribution in [0.4, 0.5) is 0 Å². The predicted molar refractivity (Wildman–Crippen MR) is 113 cm³/mol. The van der Waals surface area contributed by atoms with Crippen molar-refractivity contribution in [3.05, 3.63) is 42.5 Å². The second-order valence-electron chi connectivity index (χ2n) is 7.70. The lowest BCUT2D eigenvalue weighted by molar-refractivity contribution is -0.119. The highest BCUT2D eigenvalue weighted by molar-refractivity contribution is 7.99. The van der Waals surface area contributed by atoms with E-state index in [1.165, 1.54) is 17.3 Å². The third-order valence-corrected chi connectivity index (χ3v) is 5.36. The van der Waals surface area contributed by atoms with Crippen LogP contribution in [0.5, 0.6) is 0 Å². The van der Waals surface area contributed by atoms with E-state index in [1.54, 1.807) is 0 Å². The Hall–Kier alpha value is -2.08. The molecule has 0 aliphatic carbocycles. The number of benzene rings is 1. The Morgan fingerprint density at radius 3 is 2.52 bits per heavy atom. The summed E-state index contributed by atoms with van der Waals surface area (Å²) < 4.78 is 2.00. The Bertz CT molecular complexity index is 774. The first-order chi connectivity index (χ1) is 12.8. The molecule has 2 aromatic rings. The highest BCUT2D eigenvalue weighted by atomic mass is 32.2. The summed E-state index contributed by atoms with van der Waals surface area (Å²) in [6, 6.07) is 8.60. The van der Waals surface area contributed by atoms with Crippen LogP contribution in [0.3, 0.4) is 0 Å². The summed E-state index contributed by atoms with van der Waals surface area (Å²) in [6.45, 7) is 15.1. The topological polar surface area (TPSA) is 59.8 Å². The highest BCUT2D eigenvalue weighted by Crippen LogP contribution is 2.27. The van der Waals surface area contributed by atoms with Crippen LogP contribution >= 0.6 is 11.8 Å². The fourth-order valence-corrected chi connectivity index (χ4v) is 3.33. The molecule has 5 nitrogen and oxygen atoms in total. The van der Waals surface area contributed by atoms with E-state index in [2.05, 4.69) is 74.1 Å². The minimum Gasteiger partial charge on any atom is -0.353 e. The van der Waals surface area contributed by atoms with Gasteiger partial charge in [0, 0.05) is 18.2 Å². The summed E-state index contributed by atoms with van der Waals surface area (Å²) in [6.07, 6.45) is 2.73. The largest absolute Gasteiger partial charge is 0.353 e. The molecule has 0 aliphatic rings. The normalized spacial score (nSPS) is 12.6. The van der Waals surface area contributed by atoms with Gasteiger partial charge in [0.25, 0.3) is 0 Å². The zero-order chi connectivity index (χ0) is 20.0. The number of allylic oxidation sites excluding steroid dienone is 1. The molecular formula is C21H30N4OS. The lowest BCUT2D eigenvalue weighted by atomic mass is 9.87. The van der Waals surface area contributed by atoms with Crippen LogP contribution in [0.2, 0.25) is 0 Å². The van der Waals surface area contributed by atoms with Gasteiger partial charge in [-0.05, 0) is 24.3 Å². The van der Waals surface area contributed by atoms with Crippen molar-refractivity contribution in [2.45, 2.75) is 64.2 Å². The van der Waals surface area contributed by atoms with Crippen LogP contribution in [0, 0.1) is 0 Å². The predicted octanol–water partition coefficient (Wildman–Crippen LogP) is 4.44. The van der Waals surface area contributed by atoms with E-state index in [4.69, 9.17) is 0 Å². The van der Waals surface area contributed by atoms with Gasteiger partial charge in [-0.25, -0.2) is 0 Å². The number of carbonyl (C=O) groups is 1. The molecule has 1 aromatic carbocycles. The molecule has 1 aromatic heterocycles. The number of amides is 1. The molecule has 0 saturated carbocycles. The van der Waals surface area contributed by atoms with E-state index in [0.717, 1.165) is 23.0 Å². The van der Waals surface area contributed by atoms with Gasteiger partial charge in [0.15, 0.2) is 11.0 Å². The Kier molecular flexibility index (Phi) is 7.25. The number of aromatic nitrogens is 3. The zero-order valence-electron chi connectivity index (χ0n) is 17.0. The van der Waals surface area contributed by atoms with Crippen LogP contribution in [0.25, 0.3) is 11.4 Å². The van der Waals surface area contributed by atoms with Crippen LogP contribution in [-0.4, -0.2) is 32.5 Å². The SMILES string of the molecule is C=CCn1c(SCC(=O)NC(C)CC)nnc1-c1ccc(C(C)(C)C)cc1. The molecule has 1 atom stereocenters. The van der Waals surface area contributed by atoms with Crippen molar-refractivity contribution >= 4 is 17.7 Å². The van der Waals surface area contributed by atoms with Crippen molar-refractivity contribution in [1.82, 2.24) is 20.1 Å². The number of nitrogens with zero attached hydrogens (tertiary/aromatic N) is 3. The Morgan fingerprint density at radius 2 is 1.96 bits per heavy atom. The summed E-state index contributed by atoms with van der Waals surface area (Å²) in [7, 11) is 0. The molecule has 0 aliphatic heterocycles. The van der Waals surface area contributed by atoms with Gasteiger partial charge in [-0.1, -0.05) is 69.8 Å². The fraction of sp³-hybridized carbons (Fsp3) is 0.476. The zero-order valence-corrected chi connectivity index (χ0v) is 17.8. The number of carbonyl (C=O) groups excluding carboxylic acids is 1. The van der Waals surface area contributed by atoms with Gasteiger partial charge in [0.1, 0.15) is 0 Å². The maximum absolute atomic E-state index is 12.1. The first kappa shape index (κ1) is 21.2. The molecule has 146 valence electrons. The van der Waals surface area contributed by atoms with Crippen molar-refractivity contribution in [3.63, 3.8) is 0 Å². The minimum atomic E-state index is 0.0126. The van der Waals surface area contributed by atoms with Gasteiger partial charge in [-0.2, -0.15) is 0 Å².